The van der Waals surface area contributed by atoms with E-state index < -0.39 is 0 Å². The fourth-order valence-corrected chi connectivity index (χ4v) is 2.30. The average Bonchev–Trinajstić information content (AvgIpc) is 2.81. The molecule has 2 aromatic carbocycles. The van der Waals surface area contributed by atoms with Crippen LogP contribution < -0.4 is 0 Å². The Morgan fingerprint density at radius 2 is 2.00 bits per heavy atom. The van der Waals surface area contributed by atoms with E-state index in [1.165, 1.54) is 0 Å². The van der Waals surface area contributed by atoms with E-state index in [1.54, 1.807) is 16.8 Å². The fraction of sp³-hybridized carbons (Fsp3) is 0. The van der Waals surface area contributed by atoms with Gasteiger partial charge in [-0.25, -0.2) is 4.68 Å². The number of para-hydroxylation sites is 1. The van der Waals surface area contributed by atoms with Crippen molar-refractivity contribution in [1.82, 2.24) is 15.0 Å². The Bertz CT molecular complexity index is 770. The Labute approximate surface area is 112 Å². The van der Waals surface area contributed by atoms with E-state index in [4.69, 9.17) is 5.26 Å². The monoisotopic (exact) mass is 298 g/mol. The molecule has 86 valence electrons. The number of hydrogen-bond acceptors (Lipinski definition) is 3. The van der Waals surface area contributed by atoms with Gasteiger partial charge in [0.15, 0.2) is 0 Å². The topological polar surface area (TPSA) is 54.5 Å². The number of benzene rings is 2. The van der Waals surface area contributed by atoms with Gasteiger partial charge in [-0.15, -0.1) is 5.10 Å². The predicted octanol–water partition coefficient (Wildman–Crippen LogP) is 3.05. The zero-order valence-corrected chi connectivity index (χ0v) is 10.8. The van der Waals surface area contributed by atoms with Gasteiger partial charge in [-0.05, 0) is 30.3 Å². The maximum atomic E-state index is 8.98. The third-order valence-corrected chi connectivity index (χ3v) is 3.07. The molecule has 18 heavy (non-hydrogen) atoms. The molecule has 0 aliphatic heterocycles. The molecule has 3 rings (SSSR count). The summed E-state index contributed by atoms with van der Waals surface area (Å²) in [6, 6.07) is 15.3. The van der Waals surface area contributed by atoms with Crippen LogP contribution in [0.4, 0.5) is 0 Å². The second kappa shape index (κ2) is 4.24. The molecule has 0 N–H and O–H groups in total. The standard InChI is InChI=1S/C13H7BrN4/c14-10-5-9(8-15)6-11(7-10)18-13-4-2-1-3-12(13)16-17-18/h1-7H. The molecule has 0 aliphatic carbocycles. The lowest BCUT2D eigenvalue weighted by molar-refractivity contribution is 0.823. The van der Waals surface area contributed by atoms with E-state index >= 15 is 0 Å². The third kappa shape index (κ3) is 1.77. The second-order valence-corrected chi connectivity index (χ2v) is 4.72. The van der Waals surface area contributed by atoms with Gasteiger partial charge in [0.25, 0.3) is 0 Å². The Morgan fingerprint density at radius 1 is 1.17 bits per heavy atom. The highest BCUT2D eigenvalue weighted by molar-refractivity contribution is 9.10. The molecule has 0 spiro atoms. The van der Waals surface area contributed by atoms with Crippen molar-refractivity contribution in [2.45, 2.75) is 0 Å². The minimum Gasteiger partial charge on any atom is -0.213 e. The molecule has 5 heteroatoms. The van der Waals surface area contributed by atoms with E-state index in [-0.39, 0.29) is 0 Å². The first-order valence-corrected chi connectivity index (χ1v) is 6.09. The molecule has 0 radical (unpaired) electrons. The number of aromatic nitrogens is 3. The lowest BCUT2D eigenvalue weighted by atomic mass is 10.2. The van der Waals surface area contributed by atoms with Crippen molar-refractivity contribution in [3.8, 4) is 11.8 Å². The molecule has 0 saturated heterocycles. The van der Waals surface area contributed by atoms with Crippen molar-refractivity contribution < 1.29 is 0 Å². The molecule has 0 bridgehead atoms. The van der Waals surface area contributed by atoms with Gasteiger partial charge in [-0.1, -0.05) is 33.3 Å². The van der Waals surface area contributed by atoms with Crippen molar-refractivity contribution in [1.29, 1.82) is 5.26 Å². The molecular weight excluding hydrogens is 292 g/mol. The van der Waals surface area contributed by atoms with Crippen molar-refractivity contribution in [2.24, 2.45) is 0 Å². The summed E-state index contributed by atoms with van der Waals surface area (Å²) in [7, 11) is 0. The SMILES string of the molecule is N#Cc1cc(Br)cc(-n2nnc3ccccc32)c1. The Balaban J connectivity index is 2.27. The van der Waals surface area contributed by atoms with Crippen molar-refractivity contribution >= 4 is 27.0 Å². The predicted molar refractivity (Wildman–Crippen MR) is 71.3 cm³/mol. The van der Waals surface area contributed by atoms with Crippen molar-refractivity contribution in [2.75, 3.05) is 0 Å². The van der Waals surface area contributed by atoms with Crippen LogP contribution in [0.2, 0.25) is 0 Å². The highest BCUT2D eigenvalue weighted by Gasteiger charge is 2.07. The van der Waals surface area contributed by atoms with Gasteiger partial charge in [-0.3, -0.25) is 0 Å². The lowest BCUT2D eigenvalue weighted by Gasteiger charge is -2.03. The van der Waals surface area contributed by atoms with E-state index in [9.17, 15) is 0 Å². The highest BCUT2D eigenvalue weighted by atomic mass is 79.9. The van der Waals surface area contributed by atoms with Crippen molar-refractivity contribution in [3.05, 3.63) is 52.5 Å². The van der Waals surface area contributed by atoms with Crippen LogP contribution in [-0.4, -0.2) is 15.0 Å². The van der Waals surface area contributed by atoms with Gasteiger partial charge < -0.3 is 0 Å². The molecule has 0 unspecified atom stereocenters. The van der Waals surface area contributed by atoms with Crippen LogP contribution in [-0.2, 0) is 0 Å². The van der Waals surface area contributed by atoms with Gasteiger partial charge in [0.05, 0.1) is 22.8 Å². The zero-order chi connectivity index (χ0) is 12.5. The molecular formula is C13H7BrN4. The van der Waals surface area contributed by atoms with E-state index in [1.807, 2.05) is 30.3 Å². The lowest BCUT2D eigenvalue weighted by Crippen LogP contribution is -1.97. The molecule has 0 amide bonds. The van der Waals surface area contributed by atoms with Crippen LogP contribution in [0.1, 0.15) is 5.56 Å². The molecule has 0 atom stereocenters. The summed E-state index contributed by atoms with van der Waals surface area (Å²) < 4.78 is 2.57. The molecule has 0 aliphatic rings. The van der Waals surface area contributed by atoms with Gasteiger partial charge >= 0.3 is 0 Å². The van der Waals surface area contributed by atoms with Crippen LogP contribution >= 0.6 is 15.9 Å². The third-order valence-electron chi connectivity index (χ3n) is 2.61. The van der Waals surface area contributed by atoms with Crippen LogP contribution in [0.5, 0.6) is 0 Å². The van der Waals surface area contributed by atoms with Crippen LogP contribution in [0.3, 0.4) is 0 Å². The van der Waals surface area contributed by atoms with Gasteiger partial charge in [-0.2, -0.15) is 5.26 Å². The average molecular weight is 299 g/mol. The molecule has 1 aromatic heterocycles. The quantitative estimate of drug-likeness (QED) is 0.694. The molecule has 4 nitrogen and oxygen atoms in total. The molecule has 1 heterocycles. The number of hydrogen-bond donors (Lipinski definition) is 0. The maximum absolute atomic E-state index is 8.98. The maximum Gasteiger partial charge on any atom is 0.113 e. The summed E-state index contributed by atoms with van der Waals surface area (Å²) in [4.78, 5) is 0. The number of nitriles is 1. The first-order chi connectivity index (χ1) is 8.78. The Hall–Kier alpha value is -2.19. The molecule has 3 aromatic rings. The van der Waals surface area contributed by atoms with Crippen LogP contribution in [0.15, 0.2) is 46.9 Å². The van der Waals surface area contributed by atoms with Crippen LogP contribution in [0, 0.1) is 11.3 Å². The Kier molecular flexibility index (Phi) is 2.58. The summed E-state index contributed by atoms with van der Waals surface area (Å²) in [6.07, 6.45) is 0. The number of nitrogens with zero attached hydrogens (tertiary/aromatic N) is 4. The summed E-state index contributed by atoms with van der Waals surface area (Å²) in [5.74, 6) is 0. The van der Waals surface area contributed by atoms with E-state index in [2.05, 4.69) is 32.3 Å². The summed E-state index contributed by atoms with van der Waals surface area (Å²) in [5.41, 5.74) is 3.14. The summed E-state index contributed by atoms with van der Waals surface area (Å²) in [5, 5.41) is 17.2. The first-order valence-electron chi connectivity index (χ1n) is 5.29. The molecule has 0 saturated carbocycles. The van der Waals surface area contributed by atoms with Crippen LogP contribution in [0.25, 0.3) is 16.7 Å². The summed E-state index contributed by atoms with van der Waals surface area (Å²) >= 11 is 3.39. The van der Waals surface area contributed by atoms with Crippen molar-refractivity contribution in [3.63, 3.8) is 0 Å². The summed E-state index contributed by atoms with van der Waals surface area (Å²) in [6.45, 7) is 0. The largest absolute Gasteiger partial charge is 0.213 e. The first kappa shape index (κ1) is 10.9. The fourth-order valence-electron chi connectivity index (χ4n) is 1.82. The van der Waals surface area contributed by atoms with E-state index in [0.29, 0.717) is 5.56 Å². The number of halogens is 1. The highest BCUT2D eigenvalue weighted by Crippen LogP contribution is 2.21. The smallest absolute Gasteiger partial charge is 0.113 e. The zero-order valence-electron chi connectivity index (χ0n) is 9.21. The van der Waals surface area contributed by atoms with E-state index in [0.717, 1.165) is 21.2 Å². The minimum absolute atomic E-state index is 0.582. The number of fused-ring (bicyclic) bond motifs is 1. The minimum atomic E-state index is 0.582. The molecule has 0 fully saturated rings. The van der Waals surface area contributed by atoms with Gasteiger partial charge in [0.2, 0.25) is 0 Å². The second-order valence-electron chi connectivity index (χ2n) is 3.80. The number of rotatable bonds is 1. The van der Waals surface area contributed by atoms with Gasteiger partial charge in [0.1, 0.15) is 5.52 Å². The Morgan fingerprint density at radius 3 is 2.83 bits per heavy atom. The normalized spacial score (nSPS) is 10.4. The van der Waals surface area contributed by atoms with Gasteiger partial charge in [0, 0.05) is 4.47 Å².